The molecule has 0 spiro atoms. The summed E-state index contributed by atoms with van der Waals surface area (Å²) in [6, 6.07) is 12.5. The summed E-state index contributed by atoms with van der Waals surface area (Å²) in [4.78, 5) is 19.0. The molecule has 9 nitrogen and oxygen atoms in total. The lowest BCUT2D eigenvalue weighted by atomic mass is 9.86. The molecule has 1 aliphatic rings. The van der Waals surface area contributed by atoms with E-state index in [0.29, 0.717) is 18.7 Å². The largest absolute Gasteiger partial charge is 0.573 e. The number of hydrogen-bond acceptors (Lipinski definition) is 8. The van der Waals surface area contributed by atoms with Gasteiger partial charge in [-0.05, 0) is 43.7 Å². The molecule has 1 aliphatic carbocycles. The lowest BCUT2D eigenvalue weighted by Gasteiger charge is -2.29. The van der Waals surface area contributed by atoms with E-state index < -0.39 is 11.3 Å². The van der Waals surface area contributed by atoms with E-state index in [1.165, 1.54) is 24.3 Å². The number of anilines is 2. The summed E-state index contributed by atoms with van der Waals surface area (Å²) >= 11 is 0. The van der Waals surface area contributed by atoms with E-state index in [0.717, 1.165) is 31.9 Å². The van der Waals surface area contributed by atoms with Crippen LogP contribution in [0.3, 0.4) is 0 Å². The molecule has 3 N–H and O–H groups in total. The van der Waals surface area contributed by atoms with Crippen molar-refractivity contribution in [2.75, 3.05) is 17.2 Å². The molecule has 1 aromatic heterocycles. The van der Waals surface area contributed by atoms with Crippen LogP contribution in [0, 0.1) is 21.8 Å². The Morgan fingerprint density at radius 1 is 0.974 bits per heavy atom. The molecule has 2 aromatic carbocycles. The molecule has 0 aliphatic heterocycles. The van der Waals surface area contributed by atoms with E-state index in [1.807, 2.05) is 0 Å². The zero-order chi connectivity index (χ0) is 27.8. The molecule has 1 saturated carbocycles. The lowest BCUT2D eigenvalue weighted by molar-refractivity contribution is -0.384. The highest BCUT2D eigenvalue weighted by molar-refractivity contribution is 5.57. The summed E-state index contributed by atoms with van der Waals surface area (Å²) in [7, 11) is 0. The maximum atomic E-state index is 13.8. The van der Waals surface area contributed by atoms with Gasteiger partial charge in [0.1, 0.15) is 17.8 Å². The molecule has 3 aromatic rings. The molecule has 208 valence electrons. The van der Waals surface area contributed by atoms with Crippen molar-refractivity contribution >= 4 is 17.5 Å². The highest BCUT2D eigenvalue weighted by Crippen LogP contribution is 2.29. The number of para-hydroxylation sites is 1. The smallest absolute Gasteiger partial charge is 0.405 e. The van der Waals surface area contributed by atoms with E-state index in [1.54, 1.807) is 24.3 Å². The zero-order valence-electron chi connectivity index (χ0n) is 20.9. The maximum Gasteiger partial charge on any atom is 0.573 e. The van der Waals surface area contributed by atoms with Gasteiger partial charge in [0.25, 0.3) is 0 Å². The fourth-order valence-corrected chi connectivity index (χ4v) is 4.48. The number of nitrogens with one attached hydrogen (secondary N) is 3. The van der Waals surface area contributed by atoms with Crippen LogP contribution in [0.1, 0.15) is 36.8 Å². The van der Waals surface area contributed by atoms with Gasteiger partial charge in [-0.25, -0.2) is 9.37 Å². The number of nitrogens with zero attached hydrogens (tertiary/aromatic N) is 3. The Labute approximate surface area is 222 Å². The van der Waals surface area contributed by atoms with Crippen LogP contribution in [0.5, 0.6) is 5.75 Å². The van der Waals surface area contributed by atoms with E-state index in [4.69, 9.17) is 0 Å². The lowest BCUT2D eigenvalue weighted by Crippen LogP contribution is -2.34. The SMILES string of the molecule is O=[N+]([O-])c1cnc(NCc2ccccc2OC(F)(F)F)nc1NC[C@H]1CC[C@H](NCc2ccccc2F)CC1. The van der Waals surface area contributed by atoms with Gasteiger partial charge in [0.15, 0.2) is 0 Å². The summed E-state index contributed by atoms with van der Waals surface area (Å²) in [5.41, 5.74) is 0.534. The van der Waals surface area contributed by atoms with E-state index in [-0.39, 0.29) is 53.1 Å². The Hall–Kier alpha value is -4.00. The van der Waals surface area contributed by atoms with Crippen molar-refractivity contribution in [1.29, 1.82) is 0 Å². The van der Waals surface area contributed by atoms with Crippen molar-refractivity contribution in [3.63, 3.8) is 0 Å². The minimum Gasteiger partial charge on any atom is -0.405 e. The molecule has 0 bridgehead atoms. The number of halogens is 4. The third kappa shape index (κ3) is 8.24. The van der Waals surface area contributed by atoms with Gasteiger partial charge in [-0.2, -0.15) is 4.98 Å². The summed E-state index contributed by atoms with van der Waals surface area (Å²) in [5.74, 6) is -0.296. The normalized spacial score (nSPS) is 17.4. The fraction of sp³-hybridized carbons (Fsp3) is 0.385. The van der Waals surface area contributed by atoms with Gasteiger partial charge in [-0.3, -0.25) is 10.1 Å². The molecule has 0 unspecified atom stereocenters. The number of hydrogen-bond donors (Lipinski definition) is 3. The average molecular weight is 549 g/mol. The summed E-state index contributed by atoms with van der Waals surface area (Å²) in [6.45, 7) is 0.822. The first kappa shape index (κ1) is 28.0. The predicted molar refractivity (Wildman–Crippen MR) is 137 cm³/mol. The molecule has 1 fully saturated rings. The van der Waals surface area contributed by atoms with Crippen molar-refractivity contribution in [3.05, 3.63) is 81.8 Å². The zero-order valence-corrected chi connectivity index (χ0v) is 20.9. The monoisotopic (exact) mass is 548 g/mol. The van der Waals surface area contributed by atoms with E-state index >= 15 is 0 Å². The van der Waals surface area contributed by atoms with Crippen LogP contribution in [0.2, 0.25) is 0 Å². The summed E-state index contributed by atoms with van der Waals surface area (Å²) in [5, 5.41) is 20.8. The third-order valence-electron chi connectivity index (χ3n) is 6.55. The molecule has 39 heavy (non-hydrogen) atoms. The van der Waals surface area contributed by atoms with Gasteiger partial charge in [0.05, 0.1) is 4.92 Å². The van der Waals surface area contributed by atoms with Crippen LogP contribution < -0.4 is 20.7 Å². The average Bonchev–Trinajstić information content (AvgIpc) is 2.90. The highest BCUT2D eigenvalue weighted by Gasteiger charge is 2.32. The van der Waals surface area contributed by atoms with Crippen molar-refractivity contribution in [2.45, 2.75) is 51.2 Å². The van der Waals surface area contributed by atoms with E-state index in [9.17, 15) is 27.7 Å². The fourth-order valence-electron chi connectivity index (χ4n) is 4.48. The van der Waals surface area contributed by atoms with Gasteiger partial charge in [-0.15, -0.1) is 13.2 Å². The van der Waals surface area contributed by atoms with Crippen LogP contribution in [-0.2, 0) is 13.1 Å². The van der Waals surface area contributed by atoms with Gasteiger partial charge < -0.3 is 20.7 Å². The Kier molecular flexibility index (Phi) is 9.12. The van der Waals surface area contributed by atoms with Crippen molar-refractivity contribution in [1.82, 2.24) is 15.3 Å². The summed E-state index contributed by atoms with van der Waals surface area (Å²) < 4.78 is 55.9. The minimum atomic E-state index is -4.84. The van der Waals surface area contributed by atoms with Crippen LogP contribution >= 0.6 is 0 Å². The topological polar surface area (TPSA) is 114 Å². The van der Waals surface area contributed by atoms with Crippen LogP contribution in [0.25, 0.3) is 0 Å². The number of rotatable bonds is 11. The summed E-state index contributed by atoms with van der Waals surface area (Å²) in [6.07, 6.45) is -0.257. The molecule has 0 amide bonds. The second-order valence-corrected chi connectivity index (χ2v) is 9.26. The Morgan fingerprint density at radius 3 is 2.36 bits per heavy atom. The minimum absolute atomic E-state index is 0.0194. The van der Waals surface area contributed by atoms with Crippen molar-refractivity contribution < 1.29 is 27.2 Å². The number of alkyl halides is 3. The molecular formula is C26H28F4N6O3. The van der Waals surface area contributed by atoms with Crippen molar-refractivity contribution in [2.24, 2.45) is 5.92 Å². The first-order valence-corrected chi connectivity index (χ1v) is 12.5. The van der Waals surface area contributed by atoms with Crippen LogP contribution in [0.4, 0.5) is 35.0 Å². The molecule has 13 heteroatoms. The number of ether oxygens (including phenoxy) is 1. The van der Waals surface area contributed by atoms with Crippen LogP contribution in [0.15, 0.2) is 54.7 Å². The van der Waals surface area contributed by atoms with Crippen molar-refractivity contribution in [3.8, 4) is 5.75 Å². The maximum absolute atomic E-state index is 13.8. The second-order valence-electron chi connectivity index (χ2n) is 9.26. The van der Waals surface area contributed by atoms with Gasteiger partial charge in [0, 0.05) is 36.8 Å². The van der Waals surface area contributed by atoms with E-state index in [2.05, 4.69) is 30.7 Å². The Bertz CT molecular complexity index is 1270. The molecular weight excluding hydrogens is 520 g/mol. The first-order chi connectivity index (χ1) is 18.7. The Balaban J connectivity index is 1.31. The molecule has 0 atom stereocenters. The first-order valence-electron chi connectivity index (χ1n) is 12.5. The Morgan fingerprint density at radius 2 is 1.67 bits per heavy atom. The third-order valence-corrected chi connectivity index (χ3v) is 6.55. The number of aromatic nitrogens is 2. The quantitative estimate of drug-likeness (QED) is 0.157. The molecule has 4 rings (SSSR count). The standard InChI is InChI=1S/C26H28F4N6O3/c27-21-7-3-1-5-18(21)14-31-20-11-9-17(10-12-20)13-32-24-22(36(37)38)16-34-25(35-24)33-15-19-6-2-4-8-23(19)39-26(28,29)30/h1-8,16-17,20,31H,9-15H2,(H2,32,33,34,35)/t17-,20-. The molecule has 1 heterocycles. The number of benzene rings is 2. The molecule has 0 saturated heterocycles. The highest BCUT2D eigenvalue weighted by atomic mass is 19.4. The number of nitro groups is 1. The molecule has 0 radical (unpaired) electrons. The van der Waals surface area contributed by atoms with Gasteiger partial charge in [0.2, 0.25) is 11.8 Å². The predicted octanol–water partition coefficient (Wildman–Crippen LogP) is 5.80. The van der Waals surface area contributed by atoms with Gasteiger partial charge >= 0.3 is 12.0 Å². The second kappa shape index (κ2) is 12.7. The van der Waals surface area contributed by atoms with Crippen LogP contribution in [-0.4, -0.2) is 33.8 Å². The van der Waals surface area contributed by atoms with Gasteiger partial charge in [-0.1, -0.05) is 36.4 Å².